The van der Waals surface area contributed by atoms with Crippen LogP contribution in [0, 0.1) is 0 Å². The van der Waals surface area contributed by atoms with E-state index in [1.807, 2.05) is 0 Å². The van der Waals surface area contributed by atoms with Gasteiger partial charge in [0.2, 0.25) is 0 Å². The van der Waals surface area contributed by atoms with Gasteiger partial charge in [0.15, 0.2) is 0 Å². The van der Waals surface area contributed by atoms with Crippen LogP contribution in [0.3, 0.4) is 0 Å². The van der Waals surface area contributed by atoms with Crippen LogP contribution in [0.4, 0.5) is 17.1 Å². The molecule has 0 unspecified atom stereocenters. The van der Waals surface area contributed by atoms with Crippen molar-refractivity contribution in [3.05, 3.63) is 191 Å². The lowest BCUT2D eigenvalue weighted by Gasteiger charge is -2.42. The van der Waals surface area contributed by atoms with Crippen LogP contribution in [0.1, 0.15) is 74.9 Å². The van der Waals surface area contributed by atoms with Gasteiger partial charge in [-0.25, -0.2) is 0 Å². The number of para-hydroxylation sites is 3. The zero-order valence-corrected chi connectivity index (χ0v) is 33.4. The first-order valence-corrected chi connectivity index (χ1v) is 20.4. The maximum atomic E-state index is 2.62. The molecule has 0 fully saturated rings. The molecule has 1 aliphatic carbocycles. The average Bonchev–Trinajstić information content (AvgIpc) is 3.68. The number of nitrogens with zero attached hydrogens (tertiary/aromatic N) is 2. The van der Waals surface area contributed by atoms with Gasteiger partial charge in [0.25, 0.3) is 0 Å². The van der Waals surface area contributed by atoms with Gasteiger partial charge in [0, 0.05) is 43.8 Å². The quantitative estimate of drug-likeness (QED) is 0.175. The van der Waals surface area contributed by atoms with Crippen molar-refractivity contribution in [1.82, 2.24) is 4.57 Å². The summed E-state index contributed by atoms with van der Waals surface area (Å²) in [5.41, 5.74) is 20.8. The first kappa shape index (κ1) is 32.8. The molecule has 0 N–H and O–H groups in total. The van der Waals surface area contributed by atoms with E-state index in [1.165, 1.54) is 105 Å². The average molecular weight is 733 g/mol. The number of hydrogen-bond donors (Lipinski definition) is 0. The van der Waals surface area contributed by atoms with Crippen LogP contribution >= 0.6 is 0 Å². The number of rotatable bonds is 4. The highest BCUT2D eigenvalue weighted by atomic mass is 15.1. The van der Waals surface area contributed by atoms with E-state index >= 15 is 0 Å². The van der Waals surface area contributed by atoms with E-state index in [2.05, 4.69) is 209 Å². The molecule has 274 valence electrons. The summed E-state index contributed by atoms with van der Waals surface area (Å²) in [5, 5.41) is 5.19. The number of hydrogen-bond acceptors (Lipinski definition) is 1. The van der Waals surface area contributed by atoms with Gasteiger partial charge in [0.05, 0.1) is 22.4 Å². The zero-order chi connectivity index (χ0) is 38.6. The van der Waals surface area contributed by atoms with Crippen LogP contribution in [0.15, 0.2) is 158 Å². The topological polar surface area (TPSA) is 8.17 Å². The van der Waals surface area contributed by atoms with Gasteiger partial charge < -0.3 is 9.47 Å². The molecule has 0 amide bonds. The predicted molar refractivity (Wildman–Crippen MR) is 240 cm³/mol. The molecule has 2 nitrogen and oxygen atoms in total. The van der Waals surface area contributed by atoms with Crippen LogP contribution in [0.2, 0.25) is 0 Å². The molecule has 2 heteroatoms. The summed E-state index contributed by atoms with van der Waals surface area (Å²) in [6.45, 7) is 14.5. The lowest BCUT2D eigenvalue weighted by atomic mass is 9.68. The Kier molecular flexibility index (Phi) is 6.29. The van der Waals surface area contributed by atoms with Gasteiger partial charge in [-0.1, -0.05) is 151 Å². The molecule has 0 bridgehead atoms. The molecule has 0 radical (unpaired) electrons. The summed E-state index contributed by atoms with van der Waals surface area (Å²) in [4.78, 5) is 2.43. The van der Waals surface area contributed by atoms with Crippen LogP contribution in [0.25, 0.3) is 60.5 Å². The van der Waals surface area contributed by atoms with Crippen molar-refractivity contribution in [2.45, 2.75) is 57.8 Å². The fourth-order valence-electron chi connectivity index (χ4n) is 11.1. The summed E-state index contributed by atoms with van der Waals surface area (Å²) in [6.07, 6.45) is 0. The van der Waals surface area contributed by atoms with E-state index in [0.29, 0.717) is 0 Å². The first-order chi connectivity index (χ1) is 27.5. The second-order valence-corrected chi connectivity index (χ2v) is 18.2. The largest absolute Gasteiger partial charge is 0.310 e. The minimum Gasteiger partial charge on any atom is -0.310 e. The normalized spacial score (nSPS) is 16.0. The molecule has 1 aromatic heterocycles. The fraction of sp³-hybridized carbons (Fsp3) is 0.164. The highest BCUT2D eigenvalue weighted by Gasteiger charge is 2.43. The first-order valence-electron chi connectivity index (χ1n) is 20.4. The number of benzene rings is 8. The van der Waals surface area contributed by atoms with Crippen LogP contribution in [-0.2, 0) is 16.2 Å². The van der Waals surface area contributed by atoms with Crippen molar-refractivity contribution in [3.8, 4) is 27.9 Å². The van der Waals surface area contributed by atoms with Gasteiger partial charge in [-0.2, -0.15) is 0 Å². The van der Waals surface area contributed by atoms with Crippen molar-refractivity contribution in [2.24, 2.45) is 0 Å². The molecular formula is C55H44N2. The van der Waals surface area contributed by atoms with Crippen molar-refractivity contribution < 1.29 is 0 Å². The second-order valence-electron chi connectivity index (χ2n) is 18.2. The summed E-state index contributed by atoms with van der Waals surface area (Å²) >= 11 is 0. The number of aromatic nitrogens is 1. The van der Waals surface area contributed by atoms with E-state index in [-0.39, 0.29) is 16.2 Å². The van der Waals surface area contributed by atoms with Crippen LogP contribution in [-0.4, -0.2) is 4.57 Å². The number of fused-ring (bicyclic) bond motifs is 5. The van der Waals surface area contributed by atoms with Crippen LogP contribution < -0.4 is 4.90 Å². The second kappa shape index (κ2) is 10.9. The van der Waals surface area contributed by atoms with Gasteiger partial charge in [-0.3, -0.25) is 0 Å². The van der Waals surface area contributed by atoms with E-state index in [4.69, 9.17) is 0 Å². The third kappa shape index (κ3) is 4.15. The minimum atomic E-state index is -0.194. The molecule has 12 rings (SSSR count). The van der Waals surface area contributed by atoms with Gasteiger partial charge in [-0.05, 0) is 110 Å². The Hall–Kier alpha value is -6.38. The fourth-order valence-corrected chi connectivity index (χ4v) is 11.1. The Morgan fingerprint density at radius 2 is 0.965 bits per heavy atom. The predicted octanol–water partition coefficient (Wildman–Crippen LogP) is 14.7. The Balaban J connectivity index is 1.03. The van der Waals surface area contributed by atoms with Crippen molar-refractivity contribution >= 4 is 49.6 Å². The van der Waals surface area contributed by atoms with Crippen molar-refractivity contribution in [1.29, 1.82) is 0 Å². The highest BCUT2D eigenvalue weighted by Crippen LogP contribution is 2.57. The summed E-state index contributed by atoms with van der Waals surface area (Å²) < 4.78 is 2.62. The Labute approximate surface area is 334 Å². The lowest BCUT2D eigenvalue weighted by molar-refractivity contribution is 0.594. The molecule has 2 aliphatic heterocycles. The van der Waals surface area contributed by atoms with Gasteiger partial charge in [-0.15, -0.1) is 0 Å². The van der Waals surface area contributed by atoms with Crippen molar-refractivity contribution in [3.63, 3.8) is 0 Å². The van der Waals surface area contributed by atoms with E-state index in [0.717, 1.165) is 5.69 Å². The van der Waals surface area contributed by atoms with Crippen LogP contribution in [0.5, 0.6) is 0 Å². The lowest BCUT2D eigenvalue weighted by Crippen LogP contribution is -2.33. The molecule has 3 aliphatic rings. The molecule has 9 aromatic rings. The maximum Gasteiger partial charge on any atom is 0.0582 e. The summed E-state index contributed by atoms with van der Waals surface area (Å²) in [5.74, 6) is 0. The molecular weight excluding hydrogens is 689 g/mol. The molecule has 8 aromatic carbocycles. The SMILES string of the molecule is CC1(C)c2cc(-c3cc4c5c(c3)c3cccc6c3n5-c3c(cccc3C4(C)C)C6(C)C)ccc2-c2ccc(N(c3ccccc3)c3cccc4ccccc34)cc21. The zero-order valence-electron chi connectivity index (χ0n) is 33.4. The van der Waals surface area contributed by atoms with Gasteiger partial charge >= 0.3 is 0 Å². The molecule has 0 atom stereocenters. The molecule has 0 saturated heterocycles. The minimum absolute atomic E-state index is 0.0842. The third-order valence-corrected chi connectivity index (χ3v) is 14.1. The summed E-state index contributed by atoms with van der Waals surface area (Å²) in [7, 11) is 0. The maximum absolute atomic E-state index is 2.62. The Morgan fingerprint density at radius 3 is 1.77 bits per heavy atom. The summed E-state index contributed by atoms with van der Waals surface area (Å²) in [6, 6.07) is 59.5. The van der Waals surface area contributed by atoms with E-state index < -0.39 is 0 Å². The van der Waals surface area contributed by atoms with Crippen molar-refractivity contribution in [2.75, 3.05) is 4.90 Å². The van der Waals surface area contributed by atoms with Gasteiger partial charge in [0.1, 0.15) is 0 Å². The number of anilines is 3. The molecule has 0 spiro atoms. The molecule has 3 heterocycles. The van der Waals surface area contributed by atoms with E-state index in [9.17, 15) is 0 Å². The molecule has 0 saturated carbocycles. The highest BCUT2D eigenvalue weighted by molar-refractivity contribution is 6.15. The monoisotopic (exact) mass is 732 g/mol. The third-order valence-electron chi connectivity index (χ3n) is 14.1. The Bertz CT molecular complexity index is 3200. The molecule has 57 heavy (non-hydrogen) atoms. The standard InChI is InChI=1S/C55H44N2/c1-53(2)43-21-13-20-41-42-29-35(31-48-51(42)57(50(41)43)52-44(53)22-14-23-45(52)54(48,3)4)34-25-27-39-40-28-26-37(32-47(40)55(5,6)46(39)30-34)56(36-17-8-7-9-18-36)49-24-12-16-33-15-10-11-19-38(33)49/h7-32H,1-6H3. The van der Waals surface area contributed by atoms with E-state index in [1.54, 1.807) is 0 Å². The Morgan fingerprint density at radius 1 is 0.386 bits per heavy atom. The smallest absolute Gasteiger partial charge is 0.0582 e.